The minimum atomic E-state index is -0.620. The lowest BCUT2D eigenvalue weighted by Crippen LogP contribution is -2.32. The molecule has 0 radical (unpaired) electrons. The van der Waals surface area contributed by atoms with Crippen LogP contribution in [0.3, 0.4) is 0 Å². The Bertz CT molecular complexity index is 563. The zero-order valence-electron chi connectivity index (χ0n) is 11.4. The third-order valence-electron chi connectivity index (χ3n) is 2.74. The van der Waals surface area contributed by atoms with Gasteiger partial charge < -0.3 is 19.7 Å². The van der Waals surface area contributed by atoms with Crippen LogP contribution in [0, 0.1) is 11.3 Å². The molecule has 21 heavy (non-hydrogen) atoms. The third kappa shape index (κ3) is 5.22. The highest BCUT2D eigenvalue weighted by molar-refractivity contribution is 5.34. The molecular weight excluding hydrogens is 272 g/mol. The number of aromatic nitrogens is 2. The van der Waals surface area contributed by atoms with Gasteiger partial charge in [0.05, 0.1) is 11.6 Å². The predicted molar refractivity (Wildman–Crippen MR) is 73.5 cm³/mol. The molecule has 0 saturated heterocycles. The maximum absolute atomic E-state index is 9.78. The van der Waals surface area contributed by atoms with Crippen molar-refractivity contribution in [2.45, 2.75) is 12.5 Å². The van der Waals surface area contributed by atoms with E-state index < -0.39 is 6.10 Å². The average molecular weight is 288 g/mol. The van der Waals surface area contributed by atoms with Crippen molar-refractivity contribution < 1.29 is 14.4 Å². The molecule has 1 atom stereocenters. The molecule has 0 amide bonds. The van der Waals surface area contributed by atoms with Crippen molar-refractivity contribution in [3.8, 4) is 11.8 Å². The molecule has 1 unspecified atom stereocenters. The molecule has 1 aromatic carbocycles. The number of nitriles is 1. The SMILES string of the molecule is N#Cc1ccc(OCC(O)CNCCc2ncon2)cc1. The maximum Gasteiger partial charge on any atom is 0.213 e. The highest BCUT2D eigenvalue weighted by atomic mass is 16.5. The third-order valence-corrected chi connectivity index (χ3v) is 2.74. The van der Waals surface area contributed by atoms with E-state index in [2.05, 4.69) is 20.0 Å². The quantitative estimate of drug-likeness (QED) is 0.682. The van der Waals surface area contributed by atoms with E-state index in [1.807, 2.05) is 6.07 Å². The molecule has 1 aromatic heterocycles. The zero-order valence-corrected chi connectivity index (χ0v) is 11.4. The number of nitrogens with zero attached hydrogens (tertiary/aromatic N) is 3. The van der Waals surface area contributed by atoms with Crippen molar-refractivity contribution in [1.82, 2.24) is 15.5 Å². The molecule has 2 rings (SSSR count). The minimum Gasteiger partial charge on any atom is -0.491 e. The molecular formula is C14H16N4O3. The Hall–Kier alpha value is -2.43. The van der Waals surface area contributed by atoms with Gasteiger partial charge >= 0.3 is 0 Å². The fourth-order valence-corrected chi connectivity index (χ4v) is 1.65. The first kappa shape index (κ1) is 15.0. The molecule has 110 valence electrons. The van der Waals surface area contributed by atoms with Crippen LogP contribution in [-0.2, 0) is 6.42 Å². The standard InChI is InChI=1S/C14H16N4O3/c15-7-11-1-3-13(4-2-11)20-9-12(19)8-16-6-5-14-17-10-21-18-14/h1-4,10,12,16,19H,5-6,8-9H2. The van der Waals surface area contributed by atoms with Crippen LogP contribution in [0.15, 0.2) is 35.2 Å². The number of ether oxygens (including phenoxy) is 1. The van der Waals surface area contributed by atoms with Gasteiger partial charge in [0, 0.05) is 19.5 Å². The van der Waals surface area contributed by atoms with Crippen LogP contribution >= 0.6 is 0 Å². The normalized spacial score (nSPS) is 11.8. The van der Waals surface area contributed by atoms with Gasteiger partial charge in [0.2, 0.25) is 6.39 Å². The number of aliphatic hydroxyl groups is 1. The largest absolute Gasteiger partial charge is 0.491 e. The van der Waals surface area contributed by atoms with E-state index in [4.69, 9.17) is 10.00 Å². The Labute approximate surface area is 122 Å². The molecule has 1 heterocycles. The summed E-state index contributed by atoms with van der Waals surface area (Å²) >= 11 is 0. The monoisotopic (exact) mass is 288 g/mol. The number of hydrogen-bond acceptors (Lipinski definition) is 7. The van der Waals surface area contributed by atoms with Crippen molar-refractivity contribution in [2.75, 3.05) is 19.7 Å². The van der Waals surface area contributed by atoms with Gasteiger partial charge in [-0.3, -0.25) is 0 Å². The second-order valence-corrected chi connectivity index (χ2v) is 4.40. The first-order valence-corrected chi connectivity index (χ1v) is 6.55. The summed E-state index contributed by atoms with van der Waals surface area (Å²) in [6.07, 6.45) is 1.31. The molecule has 0 bridgehead atoms. The molecule has 2 N–H and O–H groups in total. The second kappa shape index (κ2) is 7.99. The molecule has 0 aliphatic heterocycles. The topological polar surface area (TPSA) is 104 Å². The fourth-order valence-electron chi connectivity index (χ4n) is 1.65. The molecule has 0 aliphatic carbocycles. The van der Waals surface area contributed by atoms with E-state index in [0.717, 1.165) is 0 Å². The molecule has 2 aromatic rings. The van der Waals surface area contributed by atoms with Crippen LogP contribution in [0.1, 0.15) is 11.4 Å². The summed E-state index contributed by atoms with van der Waals surface area (Å²) in [5, 5.41) is 25.2. The zero-order chi connectivity index (χ0) is 14.9. The van der Waals surface area contributed by atoms with Gasteiger partial charge in [-0.15, -0.1) is 0 Å². The summed E-state index contributed by atoms with van der Waals surface area (Å²) < 4.78 is 10.0. The van der Waals surface area contributed by atoms with Gasteiger partial charge in [0.1, 0.15) is 18.5 Å². The Balaban J connectivity index is 1.60. The molecule has 0 fully saturated rings. The second-order valence-electron chi connectivity index (χ2n) is 4.40. The molecule has 0 spiro atoms. The van der Waals surface area contributed by atoms with Crippen LogP contribution in [0.2, 0.25) is 0 Å². The molecule has 0 saturated carbocycles. The van der Waals surface area contributed by atoms with Crippen LogP contribution in [-0.4, -0.2) is 41.0 Å². The van der Waals surface area contributed by atoms with Gasteiger partial charge in [-0.1, -0.05) is 5.16 Å². The highest BCUT2D eigenvalue weighted by Crippen LogP contribution is 2.11. The summed E-state index contributed by atoms with van der Waals surface area (Å²) in [6, 6.07) is 8.78. The van der Waals surface area contributed by atoms with Gasteiger partial charge in [-0.05, 0) is 24.3 Å². The van der Waals surface area contributed by atoms with Crippen molar-refractivity contribution in [2.24, 2.45) is 0 Å². The summed E-state index contributed by atoms with van der Waals surface area (Å²) in [5.74, 6) is 1.26. The smallest absolute Gasteiger partial charge is 0.213 e. The summed E-state index contributed by atoms with van der Waals surface area (Å²) in [7, 11) is 0. The van der Waals surface area contributed by atoms with Gasteiger partial charge in [-0.25, -0.2) is 0 Å². The minimum absolute atomic E-state index is 0.182. The lowest BCUT2D eigenvalue weighted by atomic mass is 10.2. The van der Waals surface area contributed by atoms with E-state index in [-0.39, 0.29) is 6.61 Å². The molecule has 0 aliphatic rings. The highest BCUT2D eigenvalue weighted by Gasteiger charge is 2.05. The van der Waals surface area contributed by atoms with Crippen molar-refractivity contribution in [1.29, 1.82) is 5.26 Å². The van der Waals surface area contributed by atoms with Crippen LogP contribution < -0.4 is 10.1 Å². The number of hydrogen-bond donors (Lipinski definition) is 2. The Kier molecular flexibility index (Phi) is 5.70. The lowest BCUT2D eigenvalue weighted by Gasteiger charge is -2.13. The lowest BCUT2D eigenvalue weighted by molar-refractivity contribution is 0.106. The van der Waals surface area contributed by atoms with E-state index in [0.29, 0.717) is 36.6 Å². The van der Waals surface area contributed by atoms with Gasteiger partial charge in [0.15, 0.2) is 5.82 Å². The first-order valence-electron chi connectivity index (χ1n) is 6.55. The fraction of sp³-hybridized carbons (Fsp3) is 0.357. The van der Waals surface area contributed by atoms with Crippen LogP contribution in [0.25, 0.3) is 0 Å². The van der Waals surface area contributed by atoms with Crippen LogP contribution in [0.5, 0.6) is 5.75 Å². The van der Waals surface area contributed by atoms with Crippen molar-refractivity contribution in [3.05, 3.63) is 42.0 Å². The Morgan fingerprint density at radius 3 is 2.86 bits per heavy atom. The van der Waals surface area contributed by atoms with Crippen molar-refractivity contribution in [3.63, 3.8) is 0 Å². The van der Waals surface area contributed by atoms with Gasteiger partial charge in [0.25, 0.3) is 0 Å². The van der Waals surface area contributed by atoms with E-state index in [1.54, 1.807) is 24.3 Å². The van der Waals surface area contributed by atoms with E-state index in [1.165, 1.54) is 6.39 Å². The summed E-state index contributed by atoms with van der Waals surface area (Å²) in [6.45, 7) is 1.24. The first-order chi connectivity index (χ1) is 10.3. The Morgan fingerprint density at radius 1 is 1.38 bits per heavy atom. The maximum atomic E-state index is 9.78. The van der Waals surface area contributed by atoms with E-state index in [9.17, 15) is 5.11 Å². The Morgan fingerprint density at radius 2 is 2.19 bits per heavy atom. The summed E-state index contributed by atoms with van der Waals surface area (Å²) in [5.41, 5.74) is 0.575. The number of nitrogens with one attached hydrogen (secondary N) is 1. The average Bonchev–Trinajstić information content (AvgIpc) is 3.03. The molecule has 7 heteroatoms. The van der Waals surface area contributed by atoms with Crippen LogP contribution in [0.4, 0.5) is 0 Å². The number of aliphatic hydroxyl groups excluding tert-OH is 1. The predicted octanol–water partition coefficient (Wildman–Crippen LogP) is 0.513. The van der Waals surface area contributed by atoms with Gasteiger partial charge in [-0.2, -0.15) is 10.2 Å². The molecule has 7 nitrogen and oxygen atoms in total. The number of rotatable bonds is 8. The van der Waals surface area contributed by atoms with Crippen molar-refractivity contribution >= 4 is 0 Å². The number of benzene rings is 1. The summed E-state index contributed by atoms with van der Waals surface area (Å²) in [4.78, 5) is 3.90. The van der Waals surface area contributed by atoms with E-state index >= 15 is 0 Å².